The van der Waals surface area contributed by atoms with Crippen LogP contribution in [0.1, 0.15) is 18.5 Å². The van der Waals surface area contributed by atoms with Crippen LogP contribution in [0, 0.1) is 5.82 Å². The molecule has 2 rings (SSSR count). The van der Waals surface area contributed by atoms with Crippen LogP contribution in [0.5, 0.6) is 11.5 Å². The Morgan fingerprint density at radius 3 is 2.65 bits per heavy atom. The normalized spacial score (nSPS) is 12.2. The average molecular weight is 359 g/mol. The zero-order valence-electron chi connectivity index (χ0n) is 11.1. The highest BCUT2D eigenvalue weighted by atomic mass is 79.9. The van der Waals surface area contributed by atoms with E-state index >= 15 is 0 Å². The summed E-state index contributed by atoms with van der Waals surface area (Å²) in [7, 11) is 1.81. The summed E-state index contributed by atoms with van der Waals surface area (Å²) in [6, 6.07) is 9.75. The summed E-state index contributed by atoms with van der Waals surface area (Å²) in [6.45, 7) is 1.93. The SMILES string of the molecule is CNC(C)c1cc(F)ccc1Oc1cc(Br)ccc1Cl. The molecule has 0 spiro atoms. The van der Waals surface area contributed by atoms with Crippen LogP contribution in [0.25, 0.3) is 0 Å². The second-order valence-electron chi connectivity index (χ2n) is 4.37. The van der Waals surface area contributed by atoms with Gasteiger partial charge in [0.25, 0.3) is 0 Å². The van der Waals surface area contributed by atoms with Crippen molar-refractivity contribution in [2.45, 2.75) is 13.0 Å². The number of hydrogen-bond donors (Lipinski definition) is 1. The van der Waals surface area contributed by atoms with E-state index in [0.717, 1.165) is 10.0 Å². The average Bonchev–Trinajstić information content (AvgIpc) is 2.43. The first kappa shape index (κ1) is 15.3. The third-order valence-electron chi connectivity index (χ3n) is 2.98. The molecule has 0 bridgehead atoms. The third kappa shape index (κ3) is 3.51. The minimum atomic E-state index is -0.296. The molecule has 20 heavy (non-hydrogen) atoms. The topological polar surface area (TPSA) is 21.3 Å². The van der Waals surface area contributed by atoms with Gasteiger partial charge in [-0.3, -0.25) is 0 Å². The molecule has 0 saturated heterocycles. The molecule has 0 aromatic heterocycles. The standard InChI is InChI=1S/C15H14BrClFNO/c1-9(19-2)12-8-11(18)4-6-14(12)20-15-7-10(16)3-5-13(15)17/h3-9,19H,1-2H3. The molecule has 5 heteroatoms. The van der Waals surface area contributed by atoms with Crippen LogP contribution in [0.15, 0.2) is 40.9 Å². The predicted molar refractivity (Wildman–Crippen MR) is 83.1 cm³/mol. The molecule has 0 saturated carbocycles. The first-order valence-electron chi connectivity index (χ1n) is 6.11. The molecule has 2 aromatic carbocycles. The molecular formula is C15H14BrClFNO. The van der Waals surface area contributed by atoms with Crippen LogP contribution in [0.4, 0.5) is 4.39 Å². The van der Waals surface area contributed by atoms with Crippen molar-refractivity contribution in [3.63, 3.8) is 0 Å². The monoisotopic (exact) mass is 357 g/mol. The van der Waals surface area contributed by atoms with Crippen LogP contribution in [0.3, 0.4) is 0 Å². The Kier molecular flexibility index (Phi) is 5.02. The second-order valence-corrected chi connectivity index (χ2v) is 5.69. The zero-order valence-corrected chi connectivity index (χ0v) is 13.4. The Bertz CT molecular complexity index is 621. The van der Waals surface area contributed by atoms with E-state index in [-0.39, 0.29) is 11.9 Å². The fourth-order valence-corrected chi connectivity index (χ4v) is 2.28. The van der Waals surface area contributed by atoms with Crippen molar-refractivity contribution in [3.05, 3.63) is 57.3 Å². The molecule has 0 aliphatic rings. The van der Waals surface area contributed by atoms with E-state index in [4.69, 9.17) is 16.3 Å². The fraction of sp³-hybridized carbons (Fsp3) is 0.200. The maximum atomic E-state index is 13.4. The molecule has 0 amide bonds. The molecule has 0 aliphatic heterocycles. The Morgan fingerprint density at radius 1 is 1.20 bits per heavy atom. The molecule has 1 unspecified atom stereocenters. The van der Waals surface area contributed by atoms with Gasteiger partial charge < -0.3 is 10.1 Å². The highest BCUT2D eigenvalue weighted by Gasteiger charge is 2.13. The summed E-state index contributed by atoms with van der Waals surface area (Å²) in [4.78, 5) is 0. The van der Waals surface area contributed by atoms with Crippen LogP contribution >= 0.6 is 27.5 Å². The molecule has 1 N–H and O–H groups in total. The number of benzene rings is 2. The van der Waals surface area contributed by atoms with Crippen LogP contribution in [0.2, 0.25) is 5.02 Å². The van der Waals surface area contributed by atoms with Crippen LogP contribution < -0.4 is 10.1 Å². The minimum absolute atomic E-state index is 0.0355. The van der Waals surface area contributed by atoms with Gasteiger partial charge in [-0.15, -0.1) is 0 Å². The summed E-state index contributed by atoms with van der Waals surface area (Å²) >= 11 is 9.48. The molecule has 0 radical (unpaired) electrons. The van der Waals surface area contributed by atoms with Crippen LogP contribution in [-0.4, -0.2) is 7.05 Å². The van der Waals surface area contributed by atoms with E-state index in [1.54, 1.807) is 18.2 Å². The smallest absolute Gasteiger partial charge is 0.147 e. The highest BCUT2D eigenvalue weighted by Crippen LogP contribution is 2.35. The number of halogens is 3. The lowest BCUT2D eigenvalue weighted by Crippen LogP contribution is -2.13. The maximum absolute atomic E-state index is 13.4. The maximum Gasteiger partial charge on any atom is 0.147 e. The van der Waals surface area contributed by atoms with E-state index in [1.807, 2.05) is 20.0 Å². The van der Waals surface area contributed by atoms with Crippen molar-refractivity contribution in [1.29, 1.82) is 0 Å². The fourth-order valence-electron chi connectivity index (χ4n) is 1.78. The molecule has 106 valence electrons. The van der Waals surface area contributed by atoms with Gasteiger partial charge in [0.05, 0.1) is 5.02 Å². The largest absolute Gasteiger partial charge is 0.455 e. The van der Waals surface area contributed by atoms with Crippen molar-refractivity contribution in [2.75, 3.05) is 7.05 Å². The van der Waals surface area contributed by atoms with Gasteiger partial charge in [0.15, 0.2) is 0 Å². The molecule has 2 nitrogen and oxygen atoms in total. The van der Waals surface area contributed by atoms with E-state index in [1.165, 1.54) is 12.1 Å². The lowest BCUT2D eigenvalue weighted by Gasteiger charge is -2.17. The lowest BCUT2D eigenvalue weighted by molar-refractivity contribution is 0.463. The summed E-state index contributed by atoms with van der Waals surface area (Å²) in [5.74, 6) is 0.806. The van der Waals surface area contributed by atoms with Gasteiger partial charge in [-0.2, -0.15) is 0 Å². The summed E-state index contributed by atoms with van der Waals surface area (Å²) in [5.41, 5.74) is 0.739. The van der Waals surface area contributed by atoms with Crippen molar-refractivity contribution in [3.8, 4) is 11.5 Å². The van der Waals surface area contributed by atoms with E-state index < -0.39 is 0 Å². The number of ether oxygens (including phenoxy) is 1. The first-order valence-corrected chi connectivity index (χ1v) is 7.28. The number of rotatable bonds is 4. The first-order chi connectivity index (χ1) is 9.51. The molecular weight excluding hydrogens is 345 g/mol. The van der Waals surface area contributed by atoms with E-state index in [0.29, 0.717) is 16.5 Å². The Morgan fingerprint density at radius 2 is 1.95 bits per heavy atom. The van der Waals surface area contributed by atoms with Gasteiger partial charge in [-0.1, -0.05) is 27.5 Å². The molecule has 1 atom stereocenters. The Balaban J connectivity index is 2.40. The van der Waals surface area contributed by atoms with Gasteiger partial charge in [0.1, 0.15) is 17.3 Å². The number of hydrogen-bond acceptors (Lipinski definition) is 2. The second kappa shape index (κ2) is 6.57. The highest BCUT2D eigenvalue weighted by molar-refractivity contribution is 9.10. The molecule has 0 aliphatic carbocycles. The van der Waals surface area contributed by atoms with Crippen molar-refractivity contribution < 1.29 is 9.13 Å². The third-order valence-corrected chi connectivity index (χ3v) is 3.79. The predicted octanol–water partition coefficient (Wildman–Crippen LogP) is 5.31. The number of nitrogens with one attached hydrogen (secondary N) is 1. The van der Waals surface area contributed by atoms with Gasteiger partial charge in [0, 0.05) is 16.1 Å². The van der Waals surface area contributed by atoms with Gasteiger partial charge in [-0.05, 0) is 50.4 Å². The zero-order chi connectivity index (χ0) is 14.7. The van der Waals surface area contributed by atoms with Crippen molar-refractivity contribution in [1.82, 2.24) is 5.32 Å². The van der Waals surface area contributed by atoms with Gasteiger partial charge >= 0.3 is 0 Å². The van der Waals surface area contributed by atoms with Crippen molar-refractivity contribution >= 4 is 27.5 Å². The van der Waals surface area contributed by atoms with Gasteiger partial charge in [-0.25, -0.2) is 4.39 Å². The van der Waals surface area contributed by atoms with Gasteiger partial charge in [0.2, 0.25) is 0 Å². The summed E-state index contributed by atoms with van der Waals surface area (Å²) in [5, 5.41) is 3.57. The lowest BCUT2D eigenvalue weighted by atomic mass is 10.1. The van der Waals surface area contributed by atoms with Crippen molar-refractivity contribution in [2.24, 2.45) is 0 Å². The van der Waals surface area contributed by atoms with E-state index in [9.17, 15) is 4.39 Å². The van der Waals surface area contributed by atoms with Crippen LogP contribution in [-0.2, 0) is 0 Å². The molecule has 2 aromatic rings. The summed E-state index contributed by atoms with van der Waals surface area (Å²) < 4.78 is 20.1. The summed E-state index contributed by atoms with van der Waals surface area (Å²) in [6.07, 6.45) is 0. The van der Waals surface area contributed by atoms with E-state index in [2.05, 4.69) is 21.2 Å². The Labute approximate surface area is 131 Å². The molecule has 0 fully saturated rings. The Hall–Kier alpha value is -1.10. The minimum Gasteiger partial charge on any atom is -0.455 e. The quantitative estimate of drug-likeness (QED) is 0.799. The molecule has 0 heterocycles.